The van der Waals surface area contributed by atoms with Crippen molar-refractivity contribution in [1.82, 2.24) is 9.55 Å². The predicted molar refractivity (Wildman–Crippen MR) is 127 cm³/mol. The number of aromatic nitrogens is 2. The molecular formula is C26H31N3O4. The maximum atomic E-state index is 13.9. The number of para-hydroxylation sites is 3. The number of hydrogen-bond donors (Lipinski definition) is 0. The Hall–Kier alpha value is -3.35. The Balaban J connectivity index is 1.98. The molecule has 3 aromatic rings. The van der Waals surface area contributed by atoms with E-state index in [1.54, 1.807) is 11.8 Å². The van der Waals surface area contributed by atoms with Crippen molar-refractivity contribution in [1.29, 1.82) is 0 Å². The molecular weight excluding hydrogens is 418 g/mol. The highest BCUT2D eigenvalue weighted by atomic mass is 16.5. The van der Waals surface area contributed by atoms with Gasteiger partial charge in [0.05, 0.1) is 30.3 Å². The van der Waals surface area contributed by atoms with Crippen LogP contribution in [0.1, 0.15) is 45.7 Å². The van der Waals surface area contributed by atoms with Crippen LogP contribution in [0.4, 0.5) is 5.95 Å². The molecule has 7 nitrogen and oxygen atoms in total. The van der Waals surface area contributed by atoms with Gasteiger partial charge >= 0.3 is 5.97 Å². The molecule has 1 amide bonds. The molecule has 7 heteroatoms. The first-order chi connectivity index (χ1) is 16.0. The highest BCUT2D eigenvalue weighted by Gasteiger charge is 2.48. The number of carbonyl (C=O) groups is 2. The van der Waals surface area contributed by atoms with E-state index in [1.807, 2.05) is 60.0 Å². The molecule has 0 spiro atoms. The van der Waals surface area contributed by atoms with E-state index in [9.17, 15) is 9.59 Å². The van der Waals surface area contributed by atoms with Crippen molar-refractivity contribution < 1.29 is 19.1 Å². The zero-order valence-corrected chi connectivity index (χ0v) is 19.7. The van der Waals surface area contributed by atoms with Gasteiger partial charge in [0, 0.05) is 12.1 Å². The van der Waals surface area contributed by atoms with E-state index in [2.05, 4.69) is 13.8 Å². The number of benzene rings is 2. The number of nitrogens with zero attached hydrogens (tertiary/aromatic N) is 3. The molecule has 0 radical (unpaired) electrons. The molecule has 0 bridgehead atoms. The summed E-state index contributed by atoms with van der Waals surface area (Å²) in [7, 11) is 0. The highest BCUT2D eigenvalue weighted by molar-refractivity contribution is 6.08. The second-order valence-electron chi connectivity index (χ2n) is 8.59. The Labute approximate surface area is 194 Å². The van der Waals surface area contributed by atoms with Crippen molar-refractivity contribution in [2.45, 2.75) is 40.2 Å². The van der Waals surface area contributed by atoms with Crippen molar-refractivity contribution in [3.8, 4) is 5.75 Å². The monoisotopic (exact) mass is 449 g/mol. The first kappa shape index (κ1) is 22.8. The van der Waals surface area contributed by atoms with Gasteiger partial charge in [0.2, 0.25) is 11.9 Å². The van der Waals surface area contributed by atoms with Gasteiger partial charge in [-0.05, 0) is 44.4 Å². The van der Waals surface area contributed by atoms with Crippen LogP contribution in [0.15, 0.2) is 48.5 Å². The minimum Gasteiger partial charge on any atom is -0.494 e. The van der Waals surface area contributed by atoms with E-state index < -0.39 is 17.9 Å². The van der Waals surface area contributed by atoms with E-state index in [4.69, 9.17) is 14.5 Å². The van der Waals surface area contributed by atoms with Crippen LogP contribution < -0.4 is 9.64 Å². The quantitative estimate of drug-likeness (QED) is 0.371. The summed E-state index contributed by atoms with van der Waals surface area (Å²) >= 11 is 0. The molecule has 0 saturated heterocycles. The molecule has 4 rings (SSSR count). The third-order valence-electron chi connectivity index (χ3n) is 5.95. The van der Waals surface area contributed by atoms with Crippen LogP contribution in [-0.2, 0) is 14.3 Å². The Morgan fingerprint density at radius 3 is 2.52 bits per heavy atom. The predicted octanol–water partition coefficient (Wildman–Crippen LogP) is 4.60. The summed E-state index contributed by atoms with van der Waals surface area (Å²) < 4.78 is 13.3. The standard InChI is InChI=1S/C26H31N3O4/c1-5-32-21-14-10-7-11-18(21)23-22(25(31)33-6-2)24(30)28(16-15-17(3)4)26-27-19-12-8-9-13-20(19)29(23)26/h7-14,17,22-23H,5-6,15-16H2,1-4H3/t22-,23+/m1/s1. The maximum Gasteiger partial charge on any atom is 0.321 e. The molecule has 1 aliphatic rings. The van der Waals surface area contributed by atoms with Gasteiger partial charge in [0.1, 0.15) is 5.75 Å². The first-order valence-electron chi connectivity index (χ1n) is 11.6. The number of carbonyl (C=O) groups excluding carboxylic acids is 2. The summed E-state index contributed by atoms with van der Waals surface area (Å²) in [5.41, 5.74) is 2.40. The lowest BCUT2D eigenvalue weighted by Crippen LogP contribution is -2.50. The summed E-state index contributed by atoms with van der Waals surface area (Å²) in [6.07, 6.45) is 0.796. The van der Waals surface area contributed by atoms with Crippen LogP contribution in [-0.4, -0.2) is 41.2 Å². The number of rotatable bonds is 8. The number of imidazole rings is 1. The van der Waals surface area contributed by atoms with Crippen LogP contribution >= 0.6 is 0 Å². The van der Waals surface area contributed by atoms with Crippen molar-refractivity contribution in [2.75, 3.05) is 24.7 Å². The second kappa shape index (κ2) is 9.65. The van der Waals surface area contributed by atoms with Crippen LogP contribution in [0.3, 0.4) is 0 Å². The summed E-state index contributed by atoms with van der Waals surface area (Å²) in [5.74, 6) is -0.257. The number of amides is 1. The molecule has 1 aliphatic heterocycles. The van der Waals surface area contributed by atoms with Gasteiger partial charge < -0.3 is 14.0 Å². The van der Waals surface area contributed by atoms with Gasteiger partial charge in [-0.3, -0.25) is 14.5 Å². The Morgan fingerprint density at radius 2 is 1.79 bits per heavy atom. The molecule has 174 valence electrons. The molecule has 0 aliphatic carbocycles. The molecule has 2 aromatic carbocycles. The normalized spacial score (nSPS) is 18.0. The van der Waals surface area contributed by atoms with Gasteiger partial charge in [-0.25, -0.2) is 4.98 Å². The number of anilines is 1. The third-order valence-corrected chi connectivity index (χ3v) is 5.95. The Kier molecular flexibility index (Phi) is 6.67. The molecule has 33 heavy (non-hydrogen) atoms. The average Bonchev–Trinajstić information content (AvgIpc) is 3.17. The fourth-order valence-corrected chi connectivity index (χ4v) is 4.44. The fourth-order valence-electron chi connectivity index (χ4n) is 4.44. The molecule has 2 atom stereocenters. The SMILES string of the molecule is CCOC(=O)[C@H]1C(=O)N(CCC(C)C)c2nc3ccccc3n2[C@H]1c1ccccc1OCC. The van der Waals surface area contributed by atoms with E-state index >= 15 is 0 Å². The average molecular weight is 450 g/mol. The largest absolute Gasteiger partial charge is 0.494 e. The summed E-state index contributed by atoms with van der Waals surface area (Å²) in [5, 5.41) is 0. The van der Waals surface area contributed by atoms with Crippen molar-refractivity contribution in [3.05, 3.63) is 54.1 Å². The van der Waals surface area contributed by atoms with Crippen LogP contribution in [0.2, 0.25) is 0 Å². The topological polar surface area (TPSA) is 73.7 Å². The first-order valence-corrected chi connectivity index (χ1v) is 11.6. The van der Waals surface area contributed by atoms with Gasteiger partial charge in [0.25, 0.3) is 0 Å². The summed E-state index contributed by atoms with van der Waals surface area (Å²) in [6, 6.07) is 14.7. The lowest BCUT2D eigenvalue weighted by Gasteiger charge is -2.38. The molecule has 0 fully saturated rings. The minimum atomic E-state index is -1.04. The molecule has 2 heterocycles. The van der Waals surface area contributed by atoms with Gasteiger partial charge in [-0.1, -0.05) is 44.2 Å². The highest BCUT2D eigenvalue weighted by Crippen LogP contribution is 2.44. The van der Waals surface area contributed by atoms with Crippen LogP contribution in [0.5, 0.6) is 5.75 Å². The lowest BCUT2D eigenvalue weighted by molar-refractivity contribution is -0.153. The Morgan fingerprint density at radius 1 is 1.06 bits per heavy atom. The van der Waals surface area contributed by atoms with Crippen molar-refractivity contribution in [3.63, 3.8) is 0 Å². The number of ether oxygens (including phenoxy) is 2. The number of hydrogen-bond acceptors (Lipinski definition) is 5. The molecule has 0 unspecified atom stereocenters. The number of esters is 1. The molecule has 0 N–H and O–H groups in total. The number of fused-ring (bicyclic) bond motifs is 3. The zero-order valence-electron chi connectivity index (χ0n) is 19.7. The van der Waals surface area contributed by atoms with Crippen LogP contribution in [0, 0.1) is 11.8 Å². The zero-order chi connectivity index (χ0) is 23.5. The van der Waals surface area contributed by atoms with Gasteiger partial charge in [-0.2, -0.15) is 0 Å². The Bertz CT molecular complexity index is 1150. The summed E-state index contributed by atoms with van der Waals surface area (Å²) in [6.45, 7) is 9.05. The third kappa shape index (κ3) is 4.19. The van der Waals surface area contributed by atoms with Gasteiger partial charge in [-0.15, -0.1) is 0 Å². The van der Waals surface area contributed by atoms with E-state index in [-0.39, 0.29) is 12.5 Å². The van der Waals surface area contributed by atoms with E-state index in [1.165, 1.54) is 0 Å². The lowest BCUT2D eigenvalue weighted by atomic mass is 9.88. The second-order valence-corrected chi connectivity index (χ2v) is 8.59. The van der Waals surface area contributed by atoms with Crippen LogP contribution in [0.25, 0.3) is 11.0 Å². The summed E-state index contributed by atoms with van der Waals surface area (Å²) in [4.78, 5) is 33.6. The van der Waals surface area contributed by atoms with Crippen molar-refractivity contribution in [2.24, 2.45) is 11.8 Å². The fraction of sp³-hybridized carbons (Fsp3) is 0.423. The van der Waals surface area contributed by atoms with Crippen molar-refractivity contribution >= 4 is 28.9 Å². The minimum absolute atomic E-state index is 0.200. The maximum absolute atomic E-state index is 13.9. The molecule has 0 saturated carbocycles. The van der Waals surface area contributed by atoms with E-state index in [0.717, 1.165) is 23.0 Å². The smallest absolute Gasteiger partial charge is 0.321 e. The van der Waals surface area contributed by atoms with Gasteiger partial charge in [0.15, 0.2) is 5.92 Å². The molecule has 1 aromatic heterocycles. The van der Waals surface area contributed by atoms with E-state index in [0.29, 0.717) is 30.8 Å².